The van der Waals surface area contributed by atoms with Gasteiger partial charge < -0.3 is 19.5 Å². The van der Waals surface area contributed by atoms with Crippen molar-refractivity contribution >= 4 is 0 Å². The van der Waals surface area contributed by atoms with Crippen molar-refractivity contribution in [2.45, 2.75) is 25.8 Å². The predicted octanol–water partition coefficient (Wildman–Crippen LogP) is 3.05. The van der Waals surface area contributed by atoms with Crippen LogP contribution in [0.2, 0.25) is 0 Å². The Balaban J connectivity index is 2.44. The second-order valence-electron chi connectivity index (χ2n) is 4.66. The van der Waals surface area contributed by atoms with Gasteiger partial charge in [0, 0.05) is 0 Å². The molecule has 0 spiro atoms. The fourth-order valence-electron chi connectivity index (χ4n) is 2.49. The smallest absolute Gasteiger partial charge is 0.127 e. The lowest BCUT2D eigenvalue weighted by Gasteiger charge is -2.27. The fraction of sp³-hybridized carbons (Fsp3) is 0.500. The molecule has 1 aliphatic heterocycles. The van der Waals surface area contributed by atoms with E-state index in [1.807, 2.05) is 18.2 Å². The molecule has 0 amide bonds. The van der Waals surface area contributed by atoms with Crippen molar-refractivity contribution in [1.82, 2.24) is 5.32 Å². The second-order valence-corrected chi connectivity index (χ2v) is 4.66. The molecule has 1 aromatic carbocycles. The molecule has 1 unspecified atom stereocenters. The van der Waals surface area contributed by atoms with E-state index in [9.17, 15) is 0 Å². The van der Waals surface area contributed by atoms with Crippen molar-refractivity contribution in [3.05, 3.63) is 35.6 Å². The largest absolute Gasteiger partial charge is 0.496 e. The highest BCUT2D eigenvalue weighted by molar-refractivity contribution is 5.49. The van der Waals surface area contributed by atoms with Crippen LogP contribution in [0, 0.1) is 0 Å². The van der Waals surface area contributed by atoms with Crippen molar-refractivity contribution < 1.29 is 14.2 Å². The molecule has 1 aromatic rings. The molecular weight excluding hydrogens is 254 g/mol. The monoisotopic (exact) mass is 277 g/mol. The van der Waals surface area contributed by atoms with Gasteiger partial charge in [0.25, 0.3) is 0 Å². The molecule has 0 aromatic heterocycles. The summed E-state index contributed by atoms with van der Waals surface area (Å²) < 4.78 is 16.8. The van der Waals surface area contributed by atoms with Gasteiger partial charge in [0.2, 0.25) is 0 Å². The van der Waals surface area contributed by atoms with Gasteiger partial charge in [0.1, 0.15) is 17.3 Å². The Hall–Kier alpha value is -1.68. The summed E-state index contributed by atoms with van der Waals surface area (Å²) in [4.78, 5) is 0. The molecule has 0 fully saturated rings. The third-order valence-corrected chi connectivity index (χ3v) is 3.41. The minimum Gasteiger partial charge on any atom is -0.496 e. The summed E-state index contributed by atoms with van der Waals surface area (Å²) >= 11 is 0. The van der Waals surface area contributed by atoms with E-state index in [4.69, 9.17) is 14.2 Å². The first-order chi connectivity index (χ1) is 9.81. The zero-order valence-corrected chi connectivity index (χ0v) is 12.4. The Morgan fingerprint density at radius 1 is 1.25 bits per heavy atom. The van der Waals surface area contributed by atoms with Crippen molar-refractivity contribution in [2.75, 3.05) is 27.4 Å². The van der Waals surface area contributed by atoms with Crippen molar-refractivity contribution in [2.24, 2.45) is 0 Å². The number of methoxy groups -OCH3 is 2. The number of likely N-dealkylation sites (N-methyl/N-ethyl adjacent to an activating group) is 1. The summed E-state index contributed by atoms with van der Waals surface area (Å²) in [6, 6.07) is 5.80. The Labute approximate surface area is 120 Å². The highest BCUT2D eigenvalue weighted by atomic mass is 16.5. The van der Waals surface area contributed by atoms with Crippen LogP contribution in [0.25, 0.3) is 0 Å². The minimum absolute atomic E-state index is 0.0357. The van der Waals surface area contributed by atoms with Crippen LogP contribution in [0.3, 0.4) is 0 Å². The average Bonchev–Trinajstić information content (AvgIpc) is 2.52. The zero-order valence-electron chi connectivity index (χ0n) is 12.4. The topological polar surface area (TPSA) is 39.7 Å². The van der Waals surface area contributed by atoms with Gasteiger partial charge in [0.15, 0.2) is 0 Å². The SMILES string of the molecule is CCNC(C1=CCCCO1)c1c(OC)cccc1OC. The molecular formula is C16H23NO3. The number of ether oxygens (including phenoxy) is 3. The maximum absolute atomic E-state index is 5.83. The third-order valence-electron chi connectivity index (χ3n) is 3.41. The summed E-state index contributed by atoms with van der Waals surface area (Å²) in [6.07, 6.45) is 4.28. The van der Waals surface area contributed by atoms with Crippen LogP contribution in [0.4, 0.5) is 0 Å². The van der Waals surface area contributed by atoms with Crippen molar-refractivity contribution in [3.63, 3.8) is 0 Å². The molecule has 20 heavy (non-hydrogen) atoms. The van der Waals surface area contributed by atoms with E-state index in [1.54, 1.807) is 14.2 Å². The summed E-state index contributed by atoms with van der Waals surface area (Å²) in [5, 5.41) is 3.46. The van der Waals surface area contributed by atoms with Crippen molar-refractivity contribution in [3.8, 4) is 11.5 Å². The summed E-state index contributed by atoms with van der Waals surface area (Å²) in [6.45, 7) is 3.69. The third kappa shape index (κ3) is 3.07. The summed E-state index contributed by atoms with van der Waals surface area (Å²) in [7, 11) is 3.36. The molecule has 4 heteroatoms. The summed E-state index contributed by atoms with van der Waals surface area (Å²) in [5.74, 6) is 2.58. The molecule has 0 bridgehead atoms. The van der Waals surface area contributed by atoms with Crippen LogP contribution in [0.5, 0.6) is 11.5 Å². The van der Waals surface area contributed by atoms with E-state index in [2.05, 4.69) is 18.3 Å². The standard InChI is InChI=1S/C16H23NO3/c1-4-17-16(14-8-5-6-11-20-14)15-12(18-2)9-7-10-13(15)19-3/h7-10,16-17H,4-6,11H2,1-3H3. The second kappa shape index (κ2) is 7.20. The van der Waals surface area contributed by atoms with E-state index in [0.717, 1.165) is 48.8 Å². The van der Waals surface area contributed by atoms with Crippen LogP contribution < -0.4 is 14.8 Å². The van der Waals surface area contributed by atoms with Crippen LogP contribution >= 0.6 is 0 Å². The van der Waals surface area contributed by atoms with Gasteiger partial charge in [-0.2, -0.15) is 0 Å². The number of hydrogen-bond acceptors (Lipinski definition) is 4. The molecule has 1 aliphatic rings. The van der Waals surface area contributed by atoms with E-state index >= 15 is 0 Å². The maximum Gasteiger partial charge on any atom is 0.127 e. The molecule has 1 heterocycles. The first kappa shape index (κ1) is 14.7. The normalized spacial score (nSPS) is 16.1. The molecule has 0 radical (unpaired) electrons. The molecule has 2 rings (SSSR count). The lowest BCUT2D eigenvalue weighted by molar-refractivity contribution is 0.166. The van der Waals surface area contributed by atoms with Gasteiger partial charge in [-0.25, -0.2) is 0 Å². The number of rotatable bonds is 6. The van der Waals surface area contributed by atoms with Gasteiger partial charge >= 0.3 is 0 Å². The first-order valence-corrected chi connectivity index (χ1v) is 7.09. The molecule has 0 aliphatic carbocycles. The molecule has 110 valence electrons. The lowest BCUT2D eigenvalue weighted by Crippen LogP contribution is -2.26. The van der Waals surface area contributed by atoms with Crippen molar-refractivity contribution in [1.29, 1.82) is 0 Å². The van der Waals surface area contributed by atoms with Crippen LogP contribution in [-0.2, 0) is 4.74 Å². The van der Waals surface area contributed by atoms with Gasteiger partial charge in [0.05, 0.1) is 32.4 Å². The van der Waals surface area contributed by atoms with E-state index in [0.29, 0.717) is 0 Å². The Kier molecular flexibility index (Phi) is 5.30. The molecule has 1 N–H and O–H groups in total. The van der Waals surface area contributed by atoms with Gasteiger partial charge in [-0.05, 0) is 37.6 Å². The Bertz CT molecular complexity index is 449. The van der Waals surface area contributed by atoms with E-state index < -0.39 is 0 Å². The minimum atomic E-state index is -0.0357. The van der Waals surface area contributed by atoms with Gasteiger partial charge in [-0.15, -0.1) is 0 Å². The lowest BCUT2D eigenvalue weighted by atomic mass is 10.00. The number of hydrogen-bond donors (Lipinski definition) is 1. The highest BCUT2D eigenvalue weighted by Gasteiger charge is 2.25. The number of benzene rings is 1. The van der Waals surface area contributed by atoms with Crippen LogP contribution in [0.15, 0.2) is 30.0 Å². The Morgan fingerprint density at radius 2 is 1.95 bits per heavy atom. The Morgan fingerprint density at radius 3 is 2.45 bits per heavy atom. The predicted molar refractivity (Wildman–Crippen MR) is 79.2 cm³/mol. The number of nitrogens with one attached hydrogen (secondary N) is 1. The molecule has 0 saturated heterocycles. The van der Waals surface area contributed by atoms with Gasteiger partial charge in [-0.1, -0.05) is 13.0 Å². The molecule has 1 atom stereocenters. The van der Waals surface area contributed by atoms with E-state index in [-0.39, 0.29) is 6.04 Å². The quantitative estimate of drug-likeness (QED) is 0.867. The molecule has 0 saturated carbocycles. The molecule has 4 nitrogen and oxygen atoms in total. The average molecular weight is 277 g/mol. The maximum atomic E-state index is 5.83. The zero-order chi connectivity index (χ0) is 14.4. The van der Waals surface area contributed by atoms with E-state index in [1.165, 1.54) is 0 Å². The first-order valence-electron chi connectivity index (χ1n) is 7.09. The van der Waals surface area contributed by atoms with Gasteiger partial charge in [-0.3, -0.25) is 0 Å². The fourth-order valence-corrected chi connectivity index (χ4v) is 2.49. The summed E-state index contributed by atoms with van der Waals surface area (Å²) in [5.41, 5.74) is 0.993. The highest BCUT2D eigenvalue weighted by Crippen LogP contribution is 2.38. The van der Waals surface area contributed by atoms with Crippen LogP contribution in [-0.4, -0.2) is 27.4 Å². The van der Waals surface area contributed by atoms with Crippen LogP contribution in [0.1, 0.15) is 31.4 Å². The number of allylic oxidation sites excluding steroid dienone is 1.